The van der Waals surface area contributed by atoms with Crippen LogP contribution in [0.4, 0.5) is 5.69 Å². The molecule has 1 aliphatic heterocycles. The van der Waals surface area contributed by atoms with E-state index in [-0.39, 0.29) is 11.8 Å². The van der Waals surface area contributed by atoms with E-state index in [0.717, 1.165) is 41.2 Å². The van der Waals surface area contributed by atoms with Gasteiger partial charge in [0.05, 0.1) is 11.6 Å². The minimum atomic E-state index is -0.0945. The minimum Gasteiger partial charge on any atom is -0.385 e. The quantitative estimate of drug-likeness (QED) is 0.909. The molecule has 0 radical (unpaired) electrons. The highest BCUT2D eigenvalue weighted by atomic mass is 16.5. The van der Waals surface area contributed by atoms with E-state index in [9.17, 15) is 4.79 Å². The Bertz CT molecular complexity index is 644. The van der Waals surface area contributed by atoms with Crippen LogP contribution in [0.25, 0.3) is 0 Å². The van der Waals surface area contributed by atoms with Gasteiger partial charge in [-0.05, 0) is 31.9 Å². The molecule has 2 N–H and O–H groups in total. The van der Waals surface area contributed by atoms with Gasteiger partial charge in [-0.1, -0.05) is 23.4 Å². The van der Waals surface area contributed by atoms with Crippen LogP contribution < -0.4 is 10.6 Å². The second-order valence-electron chi connectivity index (χ2n) is 5.38. The molecular formula is C16H19N3O2. The topological polar surface area (TPSA) is 67.2 Å². The molecule has 21 heavy (non-hydrogen) atoms. The summed E-state index contributed by atoms with van der Waals surface area (Å²) in [5, 5.41) is 10.2. The lowest BCUT2D eigenvalue weighted by atomic mass is 9.90. The monoisotopic (exact) mass is 285 g/mol. The number of benzene rings is 1. The van der Waals surface area contributed by atoms with Crippen molar-refractivity contribution in [1.82, 2.24) is 10.5 Å². The van der Waals surface area contributed by atoms with Crippen molar-refractivity contribution in [2.24, 2.45) is 0 Å². The number of aromatic nitrogens is 1. The van der Waals surface area contributed by atoms with Crippen LogP contribution in [-0.4, -0.2) is 17.6 Å². The van der Waals surface area contributed by atoms with Gasteiger partial charge in [-0.2, -0.15) is 0 Å². The summed E-state index contributed by atoms with van der Waals surface area (Å²) < 4.78 is 5.12. The zero-order valence-electron chi connectivity index (χ0n) is 12.3. The summed E-state index contributed by atoms with van der Waals surface area (Å²) in [6, 6.07) is 7.99. The predicted octanol–water partition coefficient (Wildman–Crippen LogP) is 2.51. The largest absolute Gasteiger partial charge is 0.385 e. The maximum atomic E-state index is 12.5. The first-order valence-corrected chi connectivity index (χ1v) is 7.19. The van der Waals surface area contributed by atoms with Crippen molar-refractivity contribution < 1.29 is 9.32 Å². The minimum absolute atomic E-state index is 0.0592. The molecule has 5 heteroatoms. The molecule has 0 saturated heterocycles. The number of anilines is 1. The van der Waals surface area contributed by atoms with Gasteiger partial charge in [0.15, 0.2) is 0 Å². The van der Waals surface area contributed by atoms with E-state index in [1.165, 1.54) is 0 Å². The summed E-state index contributed by atoms with van der Waals surface area (Å²) in [6.45, 7) is 5.03. The third kappa shape index (κ3) is 2.63. The molecule has 1 aliphatic rings. The Hall–Kier alpha value is -2.30. The standard InChI is InChI=1S/C16H19N3O2/c1-10-14(11(2)21-19-10)9-18-16(20)13-7-8-17-15-6-4-3-5-12(13)15/h3-6,13,17H,7-9H2,1-2H3,(H,18,20). The number of fused-ring (bicyclic) bond motifs is 1. The molecule has 110 valence electrons. The first-order chi connectivity index (χ1) is 10.2. The van der Waals surface area contributed by atoms with Crippen molar-refractivity contribution in [2.45, 2.75) is 32.7 Å². The van der Waals surface area contributed by atoms with Crippen molar-refractivity contribution in [2.75, 3.05) is 11.9 Å². The first-order valence-electron chi connectivity index (χ1n) is 7.19. The average Bonchev–Trinajstić information content (AvgIpc) is 2.83. The Morgan fingerprint density at radius 3 is 3.00 bits per heavy atom. The van der Waals surface area contributed by atoms with E-state index in [2.05, 4.69) is 15.8 Å². The Morgan fingerprint density at radius 2 is 2.24 bits per heavy atom. The number of nitrogens with zero attached hydrogens (tertiary/aromatic N) is 1. The molecule has 1 unspecified atom stereocenters. The number of rotatable bonds is 3. The first kappa shape index (κ1) is 13.7. The van der Waals surface area contributed by atoms with Gasteiger partial charge < -0.3 is 15.2 Å². The number of hydrogen-bond acceptors (Lipinski definition) is 4. The summed E-state index contributed by atoms with van der Waals surface area (Å²) in [7, 11) is 0. The van der Waals surface area contributed by atoms with E-state index >= 15 is 0 Å². The number of para-hydroxylation sites is 1. The van der Waals surface area contributed by atoms with E-state index in [1.54, 1.807) is 0 Å². The molecule has 2 heterocycles. The van der Waals surface area contributed by atoms with Crippen LogP contribution >= 0.6 is 0 Å². The fraction of sp³-hybridized carbons (Fsp3) is 0.375. The van der Waals surface area contributed by atoms with Gasteiger partial charge in [0.1, 0.15) is 5.76 Å². The number of aryl methyl sites for hydroxylation is 2. The smallest absolute Gasteiger partial charge is 0.227 e. The molecule has 1 atom stereocenters. The molecule has 1 aromatic carbocycles. The number of carbonyl (C=O) groups excluding carboxylic acids is 1. The van der Waals surface area contributed by atoms with Crippen molar-refractivity contribution in [1.29, 1.82) is 0 Å². The lowest BCUT2D eigenvalue weighted by molar-refractivity contribution is -0.122. The van der Waals surface area contributed by atoms with Gasteiger partial charge in [-0.25, -0.2) is 0 Å². The van der Waals surface area contributed by atoms with Crippen LogP contribution in [0.5, 0.6) is 0 Å². The number of amides is 1. The summed E-state index contributed by atoms with van der Waals surface area (Å²) in [5.74, 6) is 0.727. The zero-order chi connectivity index (χ0) is 14.8. The Morgan fingerprint density at radius 1 is 1.43 bits per heavy atom. The highest BCUT2D eigenvalue weighted by Crippen LogP contribution is 2.31. The Labute approximate surface area is 123 Å². The van der Waals surface area contributed by atoms with Crippen LogP contribution in [0, 0.1) is 13.8 Å². The molecule has 0 saturated carbocycles. The predicted molar refractivity (Wildman–Crippen MR) is 80.1 cm³/mol. The molecule has 0 spiro atoms. The van der Waals surface area contributed by atoms with Crippen LogP contribution in [-0.2, 0) is 11.3 Å². The molecule has 0 bridgehead atoms. The SMILES string of the molecule is Cc1noc(C)c1CNC(=O)C1CCNc2ccccc21. The van der Waals surface area contributed by atoms with Crippen LogP contribution in [0.2, 0.25) is 0 Å². The molecule has 1 aromatic heterocycles. The second-order valence-corrected chi connectivity index (χ2v) is 5.38. The highest BCUT2D eigenvalue weighted by molar-refractivity contribution is 5.86. The number of hydrogen-bond donors (Lipinski definition) is 2. The van der Waals surface area contributed by atoms with Crippen molar-refractivity contribution in [3.63, 3.8) is 0 Å². The number of nitrogens with one attached hydrogen (secondary N) is 2. The van der Waals surface area contributed by atoms with E-state index < -0.39 is 0 Å². The van der Waals surface area contributed by atoms with Crippen molar-refractivity contribution >= 4 is 11.6 Å². The molecular weight excluding hydrogens is 266 g/mol. The van der Waals surface area contributed by atoms with E-state index in [0.29, 0.717) is 6.54 Å². The lowest BCUT2D eigenvalue weighted by Gasteiger charge is -2.25. The van der Waals surface area contributed by atoms with Crippen molar-refractivity contribution in [3.8, 4) is 0 Å². The summed E-state index contributed by atoms with van der Waals surface area (Å²) >= 11 is 0. The van der Waals surface area contributed by atoms with Gasteiger partial charge in [-0.3, -0.25) is 4.79 Å². The maximum Gasteiger partial charge on any atom is 0.227 e. The fourth-order valence-corrected chi connectivity index (χ4v) is 2.79. The summed E-state index contributed by atoms with van der Waals surface area (Å²) in [4.78, 5) is 12.5. The van der Waals surface area contributed by atoms with Crippen LogP contribution in [0.1, 0.15) is 34.9 Å². The van der Waals surface area contributed by atoms with Gasteiger partial charge in [-0.15, -0.1) is 0 Å². The molecule has 0 fully saturated rings. The van der Waals surface area contributed by atoms with Crippen molar-refractivity contribution in [3.05, 3.63) is 46.8 Å². The normalized spacial score (nSPS) is 17.0. The molecule has 0 aliphatic carbocycles. The lowest BCUT2D eigenvalue weighted by Crippen LogP contribution is -2.32. The number of carbonyl (C=O) groups is 1. The summed E-state index contributed by atoms with van der Waals surface area (Å²) in [6.07, 6.45) is 0.810. The molecule has 5 nitrogen and oxygen atoms in total. The Balaban J connectivity index is 1.72. The zero-order valence-corrected chi connectivity index (χ0v) is 12.3. The second kappa shape index (κ2) is 5.60. The van der Waals surface area contributed by atoms with Crippen LogP contribution in [0.15, 0.2) is 28.8 Å². The van der Waals surface area contributed by atoms with E-state index in [4.69, 9.17) is 4.52 Å². The van der Waals surface area contributed by atoms with Gasteiger partial charge in [0.25, 0.3) is 0 Å². The Kier molecular flexibility index (Phi) is 3.64. The maximum absolute atomic E-state index is 12.5. The highest BCUT2D eigenvalue weighted by Gasteiger charge is 2.26. The van der Waals surface area contributed by atoms with Gasteiger partial charge in [0, 0.05) is 24.3 Å². The van der Waals surface area contributed by atoms with Gasteiger partial charge in [0.2, 0.25) is 5.91 Å². The third-order valence-corrected chi connectivity index (χ3v) is 4.02. The molecule has 1 amide bonds. The van der Waals surface area contributed by atoms with E-state index in [1.807, 2.05) is 38.1 Å². The summed E-state index contributed by atoms with van der Waals surface area (Å²) in [5.41, 5.74) is 3.92. The average molecular weight is 285 g/mol. The van der Waals surface area contributed by atoms with Crippen LogP contribution in [0.3, 0.4) is 0 Å². The van der Waals surface area contributed by atoms with Gasteiger partial charge >= 0.3 is 0 Å². The molecule has 3 rings (SSSR count). The third-order valence-electron chi connectivity index (χ3n) is 4.02. The fourth-order valence-electron chi connectivity index (χ4n) is 2.79. The molecule has 2 aromatic rings.